The Bertz CT molecular complexity index is 780. The average Bonchev–Trinajstić information content (AvgIpc) is 2.80. The Morgan fingerprint density at radius 3 is 2.71 bits per heavy atom. The van der Waals surface area contributed by atoms with Crippen LogP contribution in [0, 0.1) is 5.82 Å². The molecule has 1 N–H and O–H groups in total. The summed E-state index contributed by atoms with van der Waals surface area (Å²) in [6.07, 6.45) is 2.14. The minimum Gasteiger partial charge on any atom is -0.350 e. The number of hydrogen-bond acceptors (Lipinski definition) is 1. The molecule has 0 radical (unpaired) electrons. The zero-order chi connectivity index (χ0) is 14.8. The highest BCUT2D eigenvalue weighted by Crippen LogP contribution is 2.21. The van der Waals surface area contributed by atoms with Gasteiger partial charge in [0.15, 0.2) is 0 Å². The summed E-state index contributed by atoms with van der Waals surface area (Å²) in [4.78, 5) is 0. The predicted octanol–water partition coefficient (Wildman–Crippen LogP) is 4.37. The second-order valence-electron chi connectivity index (χ2n) is 5.12. The van der Waals surface area contributed by atoms with Crippen LogP contribution in [0.4, 0.5) is 4.39 Å². The lowest BCUT2D eigenvalue weighted by Gasteiger charge is -2.06. The number of nitrogens with one attached hydrogen (secondary N) is 1. The smallest absolute Gasteiger partial charge is 0.123 e. The van der Waals surface area contributed by atoms with Crippen molar-refractivity contribution in [3.63, 3.8) is 0 Å². The maximum absolute atomic E-state index is 13.3. The third-order valence-corrected chi connectivity index (χ3v) is 4.39. The minimum atomic E-state index is -0.208. The molecule has 2 aromatic carbocycles. The maximum Gasteiger partial charge on any atom is 0.123 e. The lowest BCUT2D eigenvalue weighted by atomic mass is 10.1. The summed E-state index contributed by atoms with van der Waals surface area (Å²) in [7, 11) is 2.05. The number of halogens is 2. The zero-order valence-electron chi connectivity index (χ0n) is 11.7. The van der Waals surface area contributed by atoms with Crippen LogP contribution in [-0.2, 0) is 20.1 Å². The van der Waals surface area contributed by atoms with Gasteiger partial charge in [0.1, 0.15) is 5.82 Å². The number of para-hydroxylation sites is 1. The molecule has 0 unspecified atom stereocenters. The van der Waals surface area contributed by atoms with E-state index in [0.29, 0.717) is 6.54 Å². The molecule has 0 bridgehead atoms. The molecule has 1 heterocycles. The third kappa shape index (κ3) is 3.01. The predicted molar refractivity (Wildman–Crippen MR) is 87.6 cm³/mol. The van der Waals surface area contributed by atoms with E-state index in [1.54, 1.807) is 12.1 Å². The first-order valence-corrected chi connectivity index (χ1v) is 7.62. The Morgan fingerprint density at radius 1 is 1.10 bits per heavy atom. The van der Waals surface area contributed by atoms with Gasteiger partial charge in [-0.2, -0.15) is 0 Å². The Labute approximate surface area is 131 Å². The molecule has 1 aromatic heterocycles. The monoisotopic (exact) mass is 346 g/mol. The van der Waals surface area contributed by atoms with Crippen LogP contribution in [0.15, 0.2) is 53.1 Å². The molecule has 21 heavy (non-hydrogen) atoms. The fourth-order valence-electron chi connectivity index (χ4n) is 2.58. The number of aryl methyl sites for hydroxylation is 1. The summed E-state index contributed by atoms with van der Waals surface area (Å²) in [6, 6.07) is 13.1. The molecule has 0 saturated carbocycles. The Balaban J connectivity index is 1.74. The lowest BCUT2D eigenvalue weighted by molar-refractivity contribution is 0.619. The van der Waals surface area contributed by atoms with Crippen molar-refractivity contribution in [3.05, 3.63) is 70.1 Å². The average molecular weight is 347 g/mol. The summed E-state index contributed by atoms with van der Waals surface area (Å²) in [5.41, 5.74) is 3.40. The highest BCUT2D eigenvalue weighted by Gasteiger charge is 2.06. The molecule has 0 spiro atoms. The fraction of sp³-hybridized carbons (Fsp3) is 0.176. The molecule has 2 nitrogen and oxygen atoms in total. The molecule has 0 aliphatic carbocycles. The molecule has 0 aliphatic heterocycles. The molecule has 0 atom stereocenters. The summed E-state index contributed by atoms with van der Waals surface area (Å²) in [5.74, 6) is -0.208. The highest BCUT2D eigenvalue weighted by atomic mass is 79.9. The van der Waals surface area contributed by atoms with E-state index in [-0.39, 0.29) is 5.82 Å². The third-order valence-electron chi connectivity index (χ3n) is 3.62. The highest BCUT2D eigenvalue weighted by molar-refractivity contribution is 9.10. The fourth-order valence-corrected chi connectivity index (χ4v) is 2.96. The first-order valence-electron chi connectivity index (χ1n) is 6.83. The molecule has 0 saturated heterocycles. The molecule has 4 heteroatoms. The van der Waals surface area contributed by atoms with Crippen molar-refractivity contribution in [2.75, 3.05) is 0 Å². The number of aromatic nitrogens is 1. The molecule has 0 amide bonds. The zero-order valence-corrected chi connectivity index (χ0v) is 13.3. The van der Waals surface area contributed by atoms with E-state index in [0.717, 1.165) is 16.6 Å². The van der Waals surface area contributed by atoms with Crippen LogP contribution < -0.4 is 5.32 Å². The van der Waals surface area contributed by atoms with E-state index in [1.165, 1.54) is 22.5 Å². The molecule has 108 valence electrons. The molecule has 3 rings (SSSR count). The van der Waals surface area contributed by atoms with Gasteiger partial charge in [0, 0.05) is 41.7 Å². The van der Waals surface area contributed by atoms with Crippen LogP contribution in [0.25, 0.3) is 10.9 Å². The van der Waals surface area contributed by atoms with Crippen LogP contribution in [0.1, 0.15) is 11.1 Å². The van der Waals surface area contributed by atoms with Gasteiger partial charge in [-0.3, -0.25) is 0 Å². The van der Waals surface area contributed by atoms with Crippen molar-refractivity contribution in [3.8, 4) is 0 Å². The SMILES string of the molecule is Cn1cc(CNCc2cc(F)ccc2Br)c2ccccc21. The summed E-state index contributed by atoms with van der Waals surface area (Å²) >= 11 is 3.45. The van der Waals surface area contributed by atoms with Crippen molar-refractivity contribution in [2.45, 2.75) is 13.1 Å². The van der Waals surface area contributed by atoms with Gasteiger partial charge < -0.3 is 9.88 Å². The lowest BCUT2D eigenvalue weighted by Crippen LogP contribution is -2.13. The second kappa shape index (κ2) is 6.00. The topological polar surface area (TPSA) is 17.0 Å². The van der Waals surface area contributed by atoms with Gasteiger partial charge in [-0.1, -0.05) is 34.1 Å². The minimum absolute atomic E-state index is 0.208. The summed E-state index contributed by atoms with van der Waals surface area (Å²) < 4.78 is 16.3. The number of rotatable bonds is 4. The normalized spacial score (nSPS) is 11.2. The van der Waals surface area contributed by atoms with E-state index in [2.05, 4.69) is 57.3 Å². The van der Waals surface area contributed by atoms with Crippen LogP contribution in [0.2, 0.25) is 0 Å². The van der Waals surface area contributed by atoms with E-state index in [9.17, 15) is 4.39 Å². The largest absolute Gasteiger partial charge is 0.350 e. The number of fused-ring (bicyclic) bond motifs is 1. The summed E-state index contributed by atoms with van der Waals surface area (Å²) in [6.45, 7) is 1.38. The van der Waals surface area contributed by atoms with Gasteiger partial charge in [0.05, 0.1) is 0 Å². The van der Waals surface area contributed by atoms with E-state index < -0.39 is 0 Å². The first-order chi connectivity index (χ1) is 10.1. The number of benzene rings is 2. The standard InChI is InChI=1S/C17H16BrFN2/c1-21-11-13(15-4-2-3-5-17(15)21)10-20-9-12-8-14(19)6-7-16(12)18/h2-8,11,20H,9-10H2,1H3. The van der Waals surface area contributed by atoms with E-state index in [1.807, 2.05) is 6.07 Å². The van der Waals surface area contributed by atoms with Crippen LogP contribution in [0.3, 0.4) is 0 Å². The van der Waals surface area contributed by atoms with Crippen molar-refractivity contribution in [1.29, 1.82) is 0 Å². The van der Waals surface area contributed by atoms with Crippen molar-refractivity contribution < 1.29 is 4.39 Å². The number of hydrogen-bond donors (Lipinski definition) is 1. The maximum atomic E-state index is 13.3. The molecular weight excluding hydrogens is 331 g/mol. The second-order valence-corrected chi connectivity index (χ2v) is 5.98. The van der Waals surface area contributed by atoms with E-state index >= 15 is 0 Å². The first kappa shape index (κ1) is 14.3. The quantitative estimate of drug-likeness (QED) is 0.742. The van der Waals surface area contributed by atoms with Crippen LogP contribution >= 0.6 is 15.9 Å². The summed E-state index contributed by atoms with van der Waals surface area (Å²) in [5, 5.41) is 4.64. The number of nitrogens with zero attached hydrogens (tertiary/aromatic N) is 1. The van der Waals surface area contributed by atoms with Gasteiger partial charge in [-0.05, 0) is 35.4 Å². The Morgan fingerprint density at radius 2 is 1.86 bits per heavy atom. The van der Waals surface area contributed by atoms with Crippen LogP contribution in [0.5, 0.6) is 0 Å². The molecule has 0 fully saturated rings. The Hall–Kier alpha value is -1.65. The van der Waals surface area contributed by atoms with E-state index in [4.69, 9.17) is 0 Å². The van der Waals surface area contributed by atoms with Gasteiger partial charge in [-0.25, -0.2) is 4.39 Å². The Kier molecular flexibility index (Phi) is 4.08. The van der Waals surface area contributed by atoms with Crippen molar-refractivity contribution >= 4 is 26.8 Å². The van der Waals surface area contributed by atoms with Gasteiger partial charge in [-0.15, -0.1) is 0 Å². The van der Waals surface area contributed by atoms with Gasteiger partial charge in [0.2, 0.25) is 0 Å². The molecule has 3 aromatic rings. The van der Waals surface area contributed by atoms with Crippen molar-refractivity contribution in [1.82, 2.24) is 9.88 Å². The van der Waals surface area contributed by atoms with Crippen molar-refractivity contribution in [2.24, 2.45) is 7.05 Å². The molecular formula is C17H16BrFN2. The van der Waals surface area contributed by atoms with Crippen LogP contribution in [-0.4, -0.2) is 4.57 Å². The molecule has 0 aliphatic rings. The van der Waals surface area contributed by atoms with Gasteiger partial charge >= 0.3 is 0 Å². The van der Waals surface area contributed by atoms with Gasteiger partial charge in [0.25, 0.3) is 0 Å².